The van der Waals surface area contributed by atoms with E-state index in [4.69, 9.17) is 0 Å². The molecule has 2 unspecified atom stereocenters. The zero-order chi connectivity index (χ0) is 14.1. The quantitative estimate of drug-likeness (QED) is 0.881. The SMILES string of the molecule is CC1CN(CC(=O)N2CCc3ccccc32)C(C)CN1. The molecule has 2 heterocycles. The zero-order valence-electron chi connectivity index (χ0n) is 12.3. The molecule has 2 atom stereocenters. The first kappa shape index (κ1) is 13.6. The van der Waals surface area contributed by atoms with Gasteiger partial charge in [0.25, 0.3) is 0 Å². The summed E-state index contributed by atoms with van der Waals surface area (Å²) in [6.45, 7) is 7.63. The number of hydrogen-bond donors (Lipinski definition) is 1. The number of rotatable bonds is 2. The van der Waals surface area contributed by atoms with Crippen LogP contribution in [0.15, 0.2) is 24.3 Å². The van der Waals surface area contributed by atoms with Gasteiger partial charge in [0.2, 0.25) is 5.91 Å². The smallest absolute Gasteiger partial charge is 0.241 e. The van der Waals surface area contributed by atoms with Crippen LogP contribution in [0.3, 0.4) is 0 Å². The monoisotopic (exact) mass is 273 g/mol. The lowest BCUT2D eigenvalue weighted by Gasteiger charge is -2.37. The van der Waals surface area contributed by atoms with Crippen molar-refractivity contribution in [3.05, 3.63) is 29.8 Å². The fourth-order valence-electron chi connectivity index (χ4n) is 3.17. The van der Waals surface area contributed by atoms with E-state index in [0.29, 0.717) is 18.6 Å². The summed E-state index contributed by atoms with van der Waals surface area (Å²) in [5.41, 5.74) is 2.40. The van der Waals surface area contributed by atoms with Gasteiger partial charge in [0.05, 0.1) is 6.54 Å². The Hall–Kier alpha value is -1.39. The Morgan fingerprint density at radius 1 is 1.35 bits per heavy atom. The Morgan fingerprint density at radius 3 is 3.00 bits per heavy atom. The molecule has 2 aliphatic rings. The average molecular weight is 273 g/mol. The number of anilines is 1. The van der Waals surface area contributed by atoms with Crippen LogP contribution < -0.4 is 10.2 Å². The highest BCUT2D eigenvalue weighted by molar-refractivity contribution is 5.96. The van der Waals surface area contributed by atoms with Crippen LogP contribution in [-0.2, 0) is 11.2 Å². The van der Waals surface area contributed by atoms with Crippen LogP contribution in [-0.4, -0.2) is 49.1 Å². The van der Waals surface area contributed by atoms with E-state index < -0.39 is 0 Å². The first-order valence-corrected chi connectivity index (χ1v) is 7.51. The van der Waals surface area contributed by atoms with E-state index >= 15 is 0 Å². The molecule has 0 aliphatic carbocycles. The van der Waals surface area contributed by atoms with Crippen LogP contribution in [0.25, 0.3) is 0 Å². The first-order valence-electron chi connectivity index (χ1n) is 7.51. The van der Waals surface area contributed by atoms with Crippen LogP contribution in [0.1, 0.15) is 19.4 Å². The Labute approximate surface area is 120 Å². The fourth-order valence-corrected chi connectivity index (χ4v) is 3.17. The molecule has 4 nitrogen and oxygen atoms in total. The van der Waals surface area contributed by atoms with Crippen molar-refractivity contribution >= 4 is 11.6 Å². The minimum Gasteiger partial charge on any atom is -0.311 e. The molecule has 1 fully saturated rings. The van der Waals surface area contributed by atoms with E-state index in [1.807, 2.05) is 17.0 Å². The lowest BCUT2D eigenvalue weighted by Crippen LogP contribution is -2.56. The van der Waals surface area contributed by atoms with Crippen molar-refractivity contribution in [1.29, 1.82) is 0 Å². The summed E-state index contributed by atoms with van der Waals surface area (Å²) < 4.78 is 0. The summed E-state index contributed by atoms with van der Waals surface area (Å²) in [7, 11) is 0. The largest absolute Gasteiger partial charge is 0.311 e. The maximum Gasteiger partial charge on any atom is 0.241 e. The summed E-state index contributed by atoms with van der Waals surface area (Å²) in [4.78, 5) is 16.8. The third kappa shape index (κ3) is 2.58. The van der Waals surface area contributed by atoms with Gasteiger partial charge in [0, 0.05) is 37.4 Å². The molecule has 1 saturated heterocycles. The number of fused-ring (bicyclic) bond motifs is 1. The lowest BCUT2D eigenvalue weighted by molar-refractivity contribution is -0.120. The number of benzene rings is 1. The Kier molecular flexibility index (Phi) is 3.76. The highest BCUT2D eigenvalue weighted by atomic mass is 16.2. The first-order chi connectivity index (χ1) is 9.65. The second-order valence-corrected chi connectivity index (χ2v) is 6.01. The second-order valence-electron chi connectivity index (χ2n) is 6.01. The summed E-state index contributed by atoms with van der Waals surface area (Å²) >= 11 is 0. The van der Waals surface area contributed by atoms with Crippen molar-refractivity contribution in [1.82, 2.24) is 10.2 Å². The van der Waals surface area contributed by atoms with E-state index in [1.54, 1.807) is 0 Å². The van der Waals surface area contributed by atoms with E-state index in [-0.39, 0.29) is 5.91 Å². The highest BCUT2D eigenvalue weighted by Gasteiger charge is 2.29. The van der Waals surface area contributed by atoms with Gasteiger partial charge in [0.1, 0.15) is 0 Å². The normalized spacial score (nSPS) is 26.6. The zero-order valence-corrected chi connectivity index (χ0v) is 12.3. The summed E-state index contributed by atoms with van der Waals surface area (Å²) in [6, 6.07) is 9.13. The fraction of sp³-hybridized carbons (Fsp3) is 0.562. The Bertz CT molecular complexity index is 502. The van der Waals surface area contributed by atoms with Crippen molar-refractivity contribution in [2.24, 2.45) is 0 Å². The molecule has 2 aliphatic heterocycles. The van der Waals surface area contributed by atoms with Crippen LogP contribution >= 0.6 is 0 Å². The maximum atomic E-state index is 12.6. The molecule has 20 heavy (non-hydrogen) atoms. The van der Waals surface area contributed by atoms with Gasteiger partial charge in [-0.15, -0.1) is 0 Å². The maximum absolute atomic E-state index is 12.6. The van der Waals surface area contributed by atoms with Gasteiger partial charge in [-0.1, -0.05) is 18.2 Å². The van der Waals surface area contributed by atoms with E-state index in [2.05, 4.69) is 36.2 Å². The van der Waals surface area contributed by atoms with Gasteiger partial charge in [-0.3, -0.25) is 9.69 Å². The number of nitrogens with one attached hydrogen (secondary N) is 1. The molecular weight excluding hydrogens is 250 g/mol. The van der Waals surface area contributed by atoms with Gasteiger partial charge < -0.3 is 10.2 Å². The Balaban J connectivity index is 1.68. The third-order valence-corrected chi connectivity index (χ3v) is 4.42. The highest BCUT2D eigenvalue weighted by Crippen LogP contribution is 2.27. The van der Waals surface area contributed by atoms with Gasteiger partial charge in [0.15, 0.2) is 0 Å². The Morgan fingerprint density at radius 2 is 2.15 bits per heavy atom. The molecule has 0 aromatic heterocycles. The molecule has 1 amide bonds. The molecule has 1 aromatic rings. The molecule has 1 aromatic carbocycles. The lowest BCUT2D eigenvalue weighted by atomic mass is 10.1. The van der Waals surface area contributed by atoms with Gasteiger partial charge in [-0.05, 0) is 31.9 Å². The molecule has 0 radical (unpaired) electrons. The predicted octanol–water partition coefficient (Wildman–Crippen LogP) is 1.26. The topological polar surface area (TPSA) is 35.6 Å². The van der Waals surface area contributed by atoms with E-state index in [1.165, 1.54) is 5.56 Å². The number of para-hydroxylation sites is 1. The molecule has 0 spiro atoms. The summed E-state index contributed by atoms with van der Waals surface area (Å²) in [5.74, 6) is 0.232. The summed E-state index contributed by atoms with van der Waals surface area (Å²) in [5, 5.41) is 3.45. The average Bonchev–Trinajstić information content (AvgIpc) is 2.87. The van der Waals surface area contributed by atoms with Crippen molar-refractivity contribution in [3.8, 4) is 0 Å². The van der Waals surface area contributed by atoms with E-state index in [9.17, 15) is 4.79 Å². The summed E-state index contributed by atoms with van der Waals surface area (Å²) in [6.07, 6.45) is 0.982. The number of piperazine rings is 1. The van der Waals surface area contributed by atoms with Gasteiger partial charge in [-0.25, -0.2) is 0 Å². The van der Waals surface area contributed by atoms with E-state index in [0.717, 1.165) is 31.7 Å². The van der Waals surface area contributed by atoms with Crippen LogP contribution in [0.4, 0.5) is 5.69 Å². The molecule has 0 bridgehead atoms. The minimum absolute atomic E-state index is 0.232. The van der Waals surface area contributed by atoms with Crippen molar-refractivity contribution in [2.75, 3.05) is 31.1 Å². The molecule has 3 rings (SSSR count). The molecule has 4 heteroatoms. The standard InChI is InChI=1S/C16H23N3O/c1-12-10-18(13(2)9-17-12)11-16(20)19-8-7-14-5-3-4-6-15(14)19/h3-6,12-13,17H,7-11H2,1-2H3. The predicted molar refractivity (Wildman–Crippen MR) is 81.0 cm³/mol. The van der Waals surface area contributed by atoms with Crippen LogP contribution in [0.5, 0.6) is 0 Å². The molecule has 0 saturated carbocycles. The van der Waals surface area contributed by atoms with Crippen molar-refractivity contribution in [3.63, 3.8) is 0 Å². The number of nitrogens with zero attached hydrogens (tertiary/aromatic N) is 2. The third-order valence-electron chi connectivity index (χ3n) is 4.42. The molecule has 108 valence electrons. The molecular formula is C16H23N3O. The number of carbonyl (C=O) groups is 1. The van der Waals surface area contributed by atoms with Crippen LogP contribution in [0.2, 0.25) is 0 Å². The van der Waals surface area contributed by atoms with Crippen LogP contribution in [0, 0.1) is 0 Å². The van der Waals surface area contributed by atoms with Crippen molar-refractivity contribution < 1.29 is 4.79 Å². The number of carbonyl (C=O) groups excluding carboxylic acids is 1. The number of hydrogen-bond acceptors (Lipinski definition) is 3. The van der Waals surface area contributed by atoms with Crippen molar-refractivity contribution in [2.45, 2.75) is 32.4 Å². The minimum atomic E-state index is 0.232. The van der Waals surface area contributed by atoms with Gasteiger partial charge >= 0.3 is 0 Å². The second kappa shape index (κ2) is 5.54. The molecule has 1 N–H and O–H groups in total. The van der Waals surface area contributed by atoms with Gasteiger partial charge in [-0.2, -0.15) is 0 Å². The number of amides is 1.